The molecule has 0 N–H and O–H groups in total. The highest BCUT2D eigenvalue weighted by atomic mass is 32.1. The van der Waals surface area contributed by atoms with E-state index in [4.69, 9.17) is 0 Å². The molecule has 0 saturated heterocycles. The zero-order chi connectivity index (χ0) is 12.5. The Morgan fingerprint density at radius 1 is 1.18 bits per heavy atom. The first kappa shape index (κ1) is 11.7. The second-order valence-corrected chi connectivity index (χ2v) is 3.46. The van der Waals surface area contributed by atoms with Gasteiger partial charge in [0, 0.05) is 5.39 Å². The summed E-state index contributed by atoms with van der Waals surface area (Å²) in [6.07, 6.45) is -4.35. The third-order valence-electron chi connectivity index (χ3n) is 2.16. The Morgan fingerprint density at radius 2 is 1.94 bits per heavy atom. The average molecular weight is 254 g/mol. The Labute approximate surface area is 99.8 Å². The van der Waals surface area contributed by atoms with Gasteiger partial charge in [0.1, 0.15) is 0 Å². The first-order valence-corrected chi connectivity index (χ1v) is 4.97. The SMILES string of the molecule is FC(F)(F)c1ccc2nc(N=C=S)ccc2c1. The van der Waals surface area contributed by atoms with E-state index in [9.17, 15) is 13.2 Å². The van der Waals surface area contributed by atoms with E-state index in [0.717, 1.165) is 12.1 Å². The van der Waals surface area contributed by atoms with Crippen LogP contribution in [0.25, 0.3) is 10.9 Å². The molecule has 6 heteroatoms. The van der Waals surface area contributed by atoms with E-state index in [0.29, 0.717) is 16.7 Å². The van der Waals surface area contributed by atoms with E-state index >= 15 is 0 Å². The van der Waals surface area contributed by atoms with Crippen molar-refractivity contribution >= 4 is 34.1 Å². The molecule has 2 rings (SSSR count). The maximum absolute atomic E-state index is 12.5. The number of benzene rings is 1. The van der Waals surface area contributed by atoms with Crippen LogP contribution in [0.5, 0.6) is 0 Å². The number of fused-ring (bicyclic) bond motifs is 1. The number of hydrogen-bond donors (Lipinski definition) is 0. The highest BCUT2D eigenvalue weighted by Crippen LogP contribution is 2.31. The van der Waals surface area contributed by atoms with Crippen molar-refractivity contribution in [3.05, 3.63) is 35.9 Å². The fourth-order valence-electron chi connectivity index (χ4n) is 1.40. The van der Waals surface area contributed by atoms with Crippen molar-refractivity contribution in [1.82, 2.24) is 4.98 Å². The number of halogens is 3. The maximum atomic E-state index is 12.5. The average Bonchev–Trinajstić information content (AvgIpc) is 2.27. The minimum atomic E-state index is -4.35. The van der Waals surface area contributed by atoms with Crippen molar-refractivity contribution in [2.24, 2.45) is 4.99 Å². The van der Waals surface area contributed by atoms with Crippen LogP contribution >= 0.6 is 12.2 Å². The molecule has 86 valence electrons. The molecule has 1 heterocycles. The molecular formula is C11H5F3N2S. The number of hydrogen-bond acceptors (Lipinski definition) is 3. The number of aliphatic imine (C=N–C) groups is 1. The molecule has 0 fully saturated rings. The van der Waals surface area contributed by atoms with E-state index in [1.54, 1.807) is 0 Å². The van der Waals surface area contributed by atoms with Crippen molar-refractivity contribution in [2.45, 2.75) is 6.18 Å². The normalized spacial score (nSPS) is 11.2. The van der Waals surface area contributed by atoms with E-state index < -0.39 is 11.7 Å². The van der Waals surface area contributed by atoms with Crippen molar-refractivity contribution in [2.75, 3.05) is 0 Å². The molecule has 0 aliphatic heterocycles. The Hall–Kier alpha value is -1.78. The monoisotopic (exact) mass is 254 g/mol. The molecule has 0 aliphatic carbocycles. The van der Waals surface area contributed by atoms with Gasteiger partial charge in [-0.15, -0.1) is 0 Å². The highest BCUT2D eigenvalue weighted by molar-refractivity contribution is 7.78. The minimum Gasteiger partial charge on any atom is -0.228 e. The molecule has 2 nitrogen and oxygen atoms in total. The molecule has 0 unspecified atom stereocenters. The van der Waals surface area contributed by atoms with Gasteiger partial charge in [0.15, 0.2) is 5.82 Å². The molecule has 1 aromatic heterocycles. The molecule has 2 aromatic rings. The van der Waals surface area contributed by atoms with Gasteiger partial charge in [0.05, 0.1) is 16.2 Å². The molecule has 17 heavy (non-hydrogen) atoms. The first-order chi connectivity index (χ1) is 8.00. The van der Waals surface area contributed by atoms with Crippen molar-refractivity contribution < 1.29 is 13.2 Å². The summed E-state index contributed by atoms with van der Waals surface area (Å²) in [7, 11) is 0. The van der Waals surface area contributed by atoms with Crippen LogP contribution in [0.3, 0.4) is 0 Å². The summed E-state index contributed by atoms with van der Waals surface area (Å²) in [4.78, 5) is 7.68. The number of rotatable bonds is 1. The van der Waals surface area contributed by atoms with Gasteiger partial charge < -0.3 is 0 Å². The predicted octanol–water partition coefficient (Wildman–Crippen LogP) is 3.99. The number of nitrogens with zero attached hydrogens (tertiary/aromatic N) is 2. The number of aromatic nitrogens is 1. The molecule has 0 amide bonds. The van der Waals surface area contributed by atoms with Gasteiger partial charge in [-0.05, 0) is 42.5 Å². The van der Waals surface area contributed by atoms with Crippen LogP contribution in [0.4, 0.5) is 19.0 Å². The van der Waals surface area contributed by atoms with E-state index in [2.05, 4.69) is 27.4 Å². The van der Waals surface area contributed by atoms with Gasteiger partial charge in [-0.3, -0.25) is 0 Å². The highest BCUT2D eigenvalue weighted by Gasteiger charge is 2.30. The Bertz CT molecular complexity index is 616. The summed E-state index contributed by atoms with van der Waals surface area (Å²) in [5.74, 6) is 0.326. The topological polar surface area (TPSA) is 25.2 Å². The number of thiocarbonyl (C=S) groups is 1. The summed E-state index contributed by atoms with van der Waals surface area (Å²) in [6, 6.07) is 6.35. The third kappa shape index (κ3) is 2.49. The number of pyridine rings is 1. The van der Waals surface area contributed by atoms with Crippen LogP contribution in [0.2, 0.25) is 0 Å². The molecule has 0 radical (unpaired) electrons. The van der Waals surface area contributed by atoms with Crippen LogP contribution in [0.1, 0.15) is 5.56 Å². The lowest BCUT2D eigenvalue weighted by molar-refractivity contribution is -0.137. The summed E-state index contributed by atoms with van der Waals surface area (Å²) < 4.78 is 37.4. The lowest BCUT2D eigenvalue weighted by Crippen LogP contribution is -2.04. The summed E-state index contributed by atoms with van der Waals surface area (Å²) in [5, 5.41) is 2.56. The van der Waals surface area contributed by atoms with Gasteiger partial charge in [0.25, 0.3) is 0 Å². The lowest BCUT2D eigenvalue weighted by atomic mass is 10.1. The second kappa shape index (κ2) is 4.24. The standard InChI is InChI=1S/C11H5F3N2S/c12-11(13,14)8-2-3-9-7(5-8)1-4-10(16-9)15-6-17/h1-5H. The minimum absolute atomic E-state index is 0.326. The van der Waals surface area contributed by atoms with Gasteiger partial charge in [-0.25, -0.2) is 4.98 Å². The van der Waals surface area contributed by atoms with Gasteiger partial charge >= 0.3 is 6.18 Å². The van der Waals surface area contributed by atoms with Crippen molar-refractivity contribution in [3.63, 3.8) is 0 Å². The summed E-state index contributed by atoms with van der Waals surface area (Å²) in [5.41, 5.74) is -0.262. The molecule has 0 aliphatic rings. The Kier molecular flexibility index (Phi) is 2.92. The van der Waals surface area contributed by atoms with Crippen LogP contribution in [0, 0.1) is 0 Å². The first-order valence-electron chi connectivity index (χ1n) is 4.56. The smallest absolute Gasteiger partial charge is 0.228 e. The molecule has 0 saturated carbocycles. The quantitative estimate of drug-likeness (QED) is 0.568. The number of isothiocyanates is 1. The van der Waals surface area contributed by atoms with Gasteiger partial charge in [-0.2, -0.15) is 18.2 Å². The van der Waals surface area contributed by atoms with Crippen molar-refractivity contribution in [3.8, 4) is 0 Å². The van der Waals surface area contributed by atoms with Crippen LogP contribution in [-0.2, 0) is 6.18 Å². The summed E-state index contributed by atoms with van der Waals surface area (Å²) >= 11 is 4.42. The third-order valence-corrected chi connectivity index (χ3v) is 2.25. The molecule has 0 atom stereocenters. The van der Waals surface area contributed by atoms with E-state index in [1.807, 2.05) is 0 Å². The van der Waals surface area contributed by atoms with E-state index in [1.165, 1.54) is 18.2 Å². The van der Waals surface area contributed by atoms with E-state index in [-0.39, 0.29) is 0 Å². The fourth-order valence-corrected chi connectivity index (χ4v) is 1.49. The fraction of sp³-hybridized carbons (Fsp3) is 0.0909. The maximum Gasteiger partial charge on any atom is 0.416 e. The van der Waals surface area contributed by atoms with Gasteiger partial charge in [-0.1, -0.05) is 0 Å². The predicted molar refractivity (Wildman–Crippen MR) is 61.4 cm³/mol. The molecular weight excluding hydrogens is 249 g/mol. The largest absolute Gasteiger partial charge is 0.416 e. The lowest BCUT2D eigenvalue weighted by Gasteiger charge is -2.07. The molecule has 0 bridgehead atoms. The summed E-state index contributed by atoms with van der Waals surface area (Å²) in [6.45, 7) is 0. The van der Waals surface area contributed by atoms with Crippen LogP contribution in [0.15, 0.2) is 35.3 Å². The second-order valence-electron chi connectivity index (χ2n) is 3.28. The zero-order valence-corrected chi connectivity index (χ0v) is 9.14. The Morgan fingerprint density at radius 3 is 2.59 bits per heavy atom. The molecule has 1 aromatic carbocycles. The Balaban J connectivity index is 2.58. The molecule has 0 spiro atoms. The number of alkyl halides is 3. The van der Waals surface area contributed by atoms with Crippen LogP contribution in [-0.4, -0.2) is 10.1 Å². The van der Waals surface area contributed by atoms with Crippen LogP contribution < -0.4 is 0 Å². The van der Waals surface area contributed by atoms with Gasteiger partial charge in [0.2, 0.25) is 0 Å². The zero-order valence-electron chi connectivity index (χ0n) is 8.32. The van der Waals surface area contributed by atoms with Crippen molar-refractivity contribution in [1.29, 1.82) is 0 Å².